The third-order valence-electron chi connectivity index (χ3n) is 4.82. The van der Waals surface area contributed by atoms with E-state index in [1.54, 1.807) is 0 Å². The van der Waals surface area contributed by atoms with Gasteiger partial charge in [-0.3, -0.25) is 0 Å². The van der Waals surface area contributed by atoms with E-state index < -0.39 is 36.7 Å². The average Bonchev–Trinajstić information content (AvgIpc) is 3.03. The third-order valence-corrected chi connectivity index (χ3v) is 4.82. The van der Waals surface area contributed by atoms with Crippen LogP contribution in [0, 0.1) is 0 Å². The summed E-state index contributed by atoms with van der Waals surface area (Å²) in [4.78, 5) is 11.2. The number of carbonyl (C=O) groups excluding carboxylic acids is 1. The molecular formula is C18H32O6. The van der Waals surface area contributed by atoms with Crippen molar-refractivity contribution < 1.29 is 29.2 Å². The van der Waals surface area contributed by atoms with Crippen LogP contribution in [0.25, 0.3) is 0 Å². The Kier molecular flexibility index (Phi) is 8.45. The molecule has 0 aromatic rings. The number of unbranched alkanes of at least 4 members (excludes halogenated alkanes) is 9. The van der Waals surface area contributed by atoms with Crippen LogP contribution in [0.1, 0.15) is 71.1 Å². The highest BCUT2D eigenvalue weighted by Crippen LogP contribution is 2.32. The summed E-state index contributed by atoms with van der Waals surface area (Å²) in [7, 11) is 0. The fraction of sp³-hybridized carbons (Fsp3) is 0.944. The normalized spacial score (nSPS) is 32.1. The van der Waals surface area contributed by atoms with Gasteiger partial charge >= 0.3 is 5.97 Å². The molecule has 2 aliphatic rings. The first-order chi connectivity index (χ1) is 11.6. The molecule has 6 nitrogen and oxygen atoms in total. The van der Waals surface area contributed by atoms with Crippen LogP contribution in [0.3, 0.4) is 0 Å². The maximum absolute atomic E-state index is 11.2. The van der Waals surface area contributed by atoms with Crippen molar-refractivity contribution in [3.8, 4) is 0 Å². The van der Waals surface area contributed by atoms with E-state index in [1.165, 1.54) is 51.4 Å². The largest absolute Gasteiger partial charge is 0.454 e. The number of esters is 1. The van der Waals surface area contributed by atoms with E-state index in [-0.39, 0.29) is 0 Å². The van der Waals surface area contributed by atoms with Crippen molar-refractivity contribution in [2.75, 3.05) is 6.61 Å². The SMILES string of the molecule is CCCCCCCCCCCCOC1O[C@H]2[C@H](OC(=O)[C@@H]2O)[C@@H]1O. The molecule has 0 amide bonds. The number of rotatable bonds is 12. The molecule has 2 heterocycles. The van der Waals surface area contributed by atoms with Crippen molar-refractivity contribution >= 4 is 5.97 Å². The van der Waals surface area contributed by atoms with E-state index >= 15 is 0 Å². The van der Waals surface area contributed by atoms with Crippen LogP contribution in [0.5, 0.6) is 0 Å². The maximum Gasteiger partial charge on any atom is 0.338 e. The van der Waals surface area contributed by atoms with Crippen LogP contribution in [0.15, 0.2) is 0 Å². The third kappa shape index (κ3) is 5.41. The summed E-state index contributed by atoms with van der Waals surface area (Å²) in [6.45, 7) is 2.74. The van der Waals surface area contributed by atoms with Gasteiger partial charge in [0.2, 0.25) is 0 Å². The van der Waals surface area contributed by atoms with Gasteiger partial charge in [0, 0.05) is 6.61 Å². The molecule has 0 radical (unpaired) electrons. The fourth-order valence-electron chi connectivity index (χ4n) is 3.32. The average molecular weight is 344 g/mol. The highest BCUT2D eigenvalue weighted by Gasteiger charge is 2.56. The van der Waals surface area contributed by atoms with E-state index in [0.29, 0.717) is 6.61 Å². The molecule has 0 spiro atoms. The molecule has 0 aromatic heterocycles. The molecule has 2 N–H and O–H groups in total. The number of aliphatic hydroxyl groups excluding tert-OH is 2. The first-order valence-electron chi connectivity index (χ1n) is 9.49. The van der Waals surface area contributed by atoms with Crippen LogP contribution in [-0.2, 0) is 19.0 Å². The van der Waals surface area contributed by atoms with Crippen molar-refractivity contribution in [1.29, 1.82) is 0 Å². The summed E-state index contributed by atoms with van der Waals surface area (Å²) in [5, 5.41) is 19.6. The van der Waals surface area contributed by atoms with Gasteiger partial charge in [-0.15, -0.1) is 0 Å². The van der Waals surface area contributed by atoms with Crippen LogP contribution in [0.4, 0.5) is 0 Å². The molecule has 2 aliphatic heterocycles. The van der Waals surface area contributed by atoms with Crippen molar-refractivity contribution in [3.05, 3.63) is 0 Å². The standard InChI is InChI=1S/C18H32O6/c1-2-3-4-5-6-7-8-9-10-11-12-22-18-14(20)16-15(24-18)13(19)17(21)23-16/h13-16,18-20H,2-12H2,1H3/t13-,14+,15-,16-,18?/m1/s1. The van der Waals surface area contributed by atoms with Gasteiger partial charge in [0.15, 0.2) is 18.5 Å². The Morgan fingerprint density at radius 1 is 0.917 bits per heavy atom. The Labute approximate surface area is 144 Å². The minimum atomic E-state index is -1.32. The predicted octanol–water partition coefficient (Wildman–Crippen LogP) is 2.30. The topological polar surface area (TPSA) is 85.2 Å². The van der Waals surface area contributed by atoms with Crippen LogP contribution in [0.2, 0.25) is 0 Å². The zero-order chi connectivity index (χ0) is 17.4. The molecule has 24 heavy (non-hydrogen) atoms. The number of carbonyl (C=O) groups is 1. The molecule has 0 aromatic carbocycles. The minimum Gasteiger partial charge on any atom is -0.454 e. The van der Waals surface area contributed by atoms with Crippen LogP contribution >= 0.6 is 0 Å². The zero-order valence-electron chi connectivity index (χ0n) is 14.7. The van der Waals surface area contributed by atoms with Crippen LogP contribution < -0.4 is 0 Å². The zero-order valence-corrected chi connectivity index (χ0v) is 14.7. The Morgan fingerprint density at radius 3 is 2.08 bits per heavy atom. The molecule has 2 fully saturated rings. The second-order valence-electron chi connectivity index (χ2n) is 6.86. The van der Waals surface area contributed by atoms with E-state index in [4.69, 9.17) is 14.2 Å². The lowest BCUT2D eigenvalue weighted by atomic mass is 10.1. The van der Waals surface area contributed by atoms with E-state index in [1.807, 2.05) is 0 Å². The molecule has 2 saturated heterocycles. The van der Waals surface area contributed by atoms with Crippen molar-refractivity contribution in [3.63, 3.8) is 0 Å². The minimum absolute atomic E-state index is 0.502. The number of hydrogen-bond donors (Lipinski definition) is 2. The van der Waals surface area contributed by atoms with Crippen LogP contribution in [-0.4, -0.2) is 53.5 Å². The summed E-state index contributed by atoms with van der Waals surface area (Å²) in [5.41, 5.74) is 0. The lowest BCUT2D eigenvalue weighted by Gasteiger charge is -2.17. The first kappa shape index (κ1) is 19.6. The highest BCUT2D eigenvalue weighted by molar-refractivity contribution is 5.78. The summed E-state index contributed by atoms with van der Waals surface area (Å²) in [6, 6.07) is 0. The monoisotopic (exact) mass is 344 g/mol. The fourth-order valence-corrected chi connectivity index (χ4v) is 3.32. The lowest BCUT2D eigenvalue weighted by Crippen LogP contribution is -2.33. The number of fused-ring (bicyclic) bond motifs is 1. The Bertz CT molecular complexity index is 375. The summed E-state index contributed by atoms with van der Waals surface area (Å²) >= 11 is 0. The van der Waals surface area contributed by atoms with E-state index in [0.717, 1.165) is 12.8 Å². The van der Waals surface area contributed by atoms with Gasteiger partial charge < -0.3 is 24.4 Å². The molecule has 0 bridgehead atoms. The molecule has 6 heteroatoms. The summed E-state index contributed by atoms with van der Waals surface area (Å²) < 4.78 is 15.8. The van der Waals surface area contributed by atoms with Crippen molar-refractivity contribution in [1.82, 2.24) is 0 Å². The lowest BCUT2D eigenvalue weighted by molar-refractivity contribution is -0.187. The molecule has 0 aliphatic carbocycles. The van der Waals surface area contributed by atoms with Gasteiger partial charge in [0.25, 0.3) is 0 Å². The molecule has 2 rings (SSSR count). The summed E-state index contributed by atoms with van der Waals surface area (Å²) in [6.07, 6.45) is 7.69. The van der Waals surface area contributed by atoms with Gasteiger partial charge in [-0.1, -0.05) is 64.7 Å². The Hall–Kier alpha value is -0.690. The summed E-state index contributed by atoms with van der Waals surface area (Å²) in [5.74, 6) is -0.739. The maximum atomic E-state index is 11.2. The van der Waals surface area contributed by atoms with Gasteiger partial charge in [-0.05, 0) is 6.42 Å². The molecule has 5 atom stereocenters. The first-order valence-corrected chi connectivity index (χ1v) is 9.49. The van der Waals surface area contributed by atoms with E-state index in [2.05, 4.69) is 6.92 Å². The van der Waals surface area contributed by atoms with Gasteiger partial charge in [0.1, 0.15) is 12.2 Å². The Balaban J connectivity index is 1.45. The molecule has 1 unspecified atom stereocenters. The number of aliphatic hydroxyl groups is 2. The quantitative estimate of drug-likeness (QED) is 0.417. The number of ether oxygens (including phenoxy) is 3. The van der Waals surface area contributed by atoms with Crippen molar-refractivity contribution in [2.24, 2.45) is 0 Å². The molecular weight excluding hydrogens is 312 g/mol. The second kappa shape index (κ2) is 10.3. The van der Waals surface area contributed by atoms with Gasteiger partial charge in [-0.2, -0.15) is 0 Å². The second-order valence-corrected chi connectivity index (χ2v) is 6.86. The molecule has 140 valence electrons. The predicted molar refractivity (Wildman–Crippen MR) is 88.4 cm³/mol. The van der Waals surface area contributed by atoms with Crippen molar-refractivity contribution in [2.45, 2.75) is 102 Å². The Morgan fingerprint density at radius 2 is 1.50 bits per heavy atom. The highest BCUT2D eigenvalue weighted by atomic mass is 16.7. The smallest absolute Gasteiger partial charge is 0.338 e. The number of hydrogen-bond acceptors (Lipinski definition) is 6. The molecule has 0 saturated carbocycles. The van der Waals surface area contributed by atoms with Gasteiger partial charge in [0.05, 0.1) is 0 Å². The van der Waals surface area contributed by atoms with Gasteiger partial charge in [-0.25, -0.2) is 4.79 Å². The van der Waals surface area contributed by atoms with E-state index in [9.17, 15) is 15.0 Å².